The zero-order valence-electron chi connectivity index (χ0n) is 18.2. The first kappa shape index (κ1) is 19.2. The van der Waals surface area contributed by atoms with E-state index >= 15 is 0 Å². The van der Waals surface area contributed by atoms with Crippen LogP contribution in [0.5, 0.6) is 0 Å². The second-order valence-electron chi connectivity index (χ2n) is 9.28. The predicted octanol–water partition coefficient (Wildman–Crippen LogP) is 3.34. The number of benzene rings is 1. The number of nitrogens with zero attached hydrogens (tertiary/aromatic N) is 6. The van der Waals surface area contributed by atoms with Crippen molar-refractivity contribution < 1.29 is 4.74 Å². The summed E-state index contributed by atoms with van der Waals surface area (Å²) in [5.41, 5.74) is 2.38. The zero-order valence-corrected chi connectivity index (χ0v) is 18.2. The molecular formula is C24H30N6O. The van der Waals surface area contributed by atoms with E-state index in [-0.39, 0.29) is 0 Å². The van der Waals surface area contributed by atoms with E-state index in [1.165, 1.54) is 5.56 Å². The largest absolute Gasteiger partial charge is 0.371 e. The van der Waals surface area contributed by atoms with Crippen LogP contribution in [0.1, 0.15) is 43.1 Å². The van der Waals surface area contributed by atoms with Crippen molar-refractivity contribution in [2.75, 3.05) is 31.1 Å². The number of aryl methyl sites for hydroxylation is 1. The van der Waals surface area contributed by atoms with Crippen molar-refractivity contribution in [3.63, 3.8) is 0 Å². The molecule has 7 heteroatoms. The molecule has 1 aromatic carbocycles. The minimum absolute atomic E-state index is 0.341. The second kappa shape index (κ2) is 7.88. The fourth-order valence-electron chi connectivity index (χ4n) is 5.48. The highest BCUT2D eigenvalue weighted by atomic mass is 16.5. The van der Waals surface area contributed by atoms with Crippen molar-refractivity contribution in [2.24, 2.45) is 0 Å². The van der Waals surface area contributed by atoms with E-state index in [4.69, 9.17) is 19.8 Å². The molecule has 2 unspecified atom stereocenters. The topological polar surface area (TPSA) is 59.3 Å². The van der Waals surface area contributed by atoms with Crippen LogP contribution in [0.25, 0.3) is 11.0 Å². The molecule has 3 saturated heterocycles. The van der Waals surface area contributed by atoms with Crippen molar-refractivity contribution in [3.8, 4) is 0 Å². The Labute approximate surface area is 183 Å². The summed E-state index contributed by atoms with van der Waals surface area (Å²) in [7, 11) is 0. The van der Waals surface area contributed by atoms with Gasteiger partial charge in [-0.15, -0.1) is 0 Å². The first-order valence-electron chi connectivity index (χ1n) is 11.6. The minimum atomic E-state index is 0.341. The van der Waals surface area contributed by atoms with Gasteiger partial charge in [-0.25, -0.2) is 14.6 Å². The molecule has 6 rings (SSSR count). The molecule has 7 nitrogen and oxygen atoms in total. The number of morpholine rings is 1. The monoisotopic (exact) mass is 418 g/mol. The summed E-state index contributed by atoms with van der Waals surface area (Å²) in [5.74, 6) is 1.86. The third-order valence-corrected chi connectivity index (χ3v) is 7.04. The Morgan fingerprint density at radius 3 is 2.45 bits per heavy atom. The first-order chi connectivity index (χ1) is 15.2. The Bertz CT molecular complexity index is 1050. The summed E-state index contributed by atoms with van der Waals surface area (Å²) in [6.45, 7) is 7.04. The molecule has 3 aliphatic rings. The molecule has 0 N–H and O–H groups in total. The molecule has 0 amide bonds. The van der Waals surface area contributed by atoms with Gasteiger partial charge in [0.15, 0.2) is 5.65 Å². The summed E-state index contributed by atoms with van der Waals surface area (Å²) < 4.78 is 8.20. The summed E-state index contributed by atoms with van der Waals surface area (Å²) in [6.07, 6.45) is 7.19. The SMILES string of the molecule is Cc1nc(N2CC3CCC(C2)O3)c2cnn(C3CCN(Cc4ccccc4)CC3)c2n1. The molecule has 2 atom stereocenters. The summed E-state index contributed by atoms with van der Waals surface area (Å²) in [6, 6.07) is 11.2. The number of ether oxygens (including phenoxy) is 1. The van der Waals surface area contributed by atoms with E-state index in [1.807, 2.05) is 13.1 Å². The third-order valence-electron chi connectivity index (χ3n) is 7.04. The number of anilines is 1. The number of hydrogen-bond donors (Lipinski definition) is 0. The quantitative estimate of drug-likeness (QED) is 0.648. The molecule has 3 fully saturated rings. The van der Waals surface area contributed by atoms with Crippen molar-refractivity contribution in [2.45, 2.75) is 57.4 Å². The van der Waals surface area contributed by atoms with Gasteiger partial charge in [-0.1, -0.05) is 30.3 Å². The van der Waals surface area contributed by atoms with Gasteiger partial charge >= 0.3 is 0 Å². The minimum Gasteiger partial charge on any atom is -0.371 e. The van der Waals surface area contributed by atoms with E-state index in [1.54, 1.807) is 0 Å². The van der Waals surface area contributed by atoms with Gasteiger partial charge in [-0.05, 0) is 38.2 Å². The van der Waals surface area contributed by atoms with Gasteiger partial charge in [0.25, 0.3) is 0 Å². The van der Waals surface area contributed by atoms with Gasteiger partial charge < -0.3 is 9.64 Å². The van der Waals surface area contributed by atoms with E-state index in [0.29, 0.717) is 18.2 Å². The number of hydrogen-bond acceptors (Lipinski definition) is 6. The van der Waals surface area contributed by atoms with Crippen molar-refractivity contribution >= 4 is 16.9 Å². The molecule has 3 aliphatic heterocycles. The van der Waals surface area contributed by atoms with E-state index < -0.39 is 0 Å². The lowest BCUT2D eigenvalue weighted by Crippen LogP contribution is -2.43. The highest BCUT2D eigenvalue weighted by Gasteiger charge is 2.35. The zero-order chi connectivity index (χ0) is 20.8. The normalized spacial score (nSPS) is 24.9. The van der Waals surface area contributed by atoms with Crippen molar-refractivity contribution in [1.29, 1.82) is 0 Å². The maximum atomic E-state index is 6.03. The van der Waals surface area contributed by atoms with Crippen LogP contribution in [-0.4, -0.2) is 63.0 Å². The smallest absolute Gasteiger partial charge is 0.163 e. The van der Waals surface area contributed by atoms with Crippen LogP contribution in [-0.2, 0) is 11.3 Å². The van der Waals surface area contributed by atoms with Crippen LogP contribution >= 0.6 is 0 Å². The number of rotatable bonds is 4. The highest BCUT2D eigenvalue weighted by molar-refractivity contribution is 5.87. The predicted molar refractivity (Wildman–Crippen MR) is 120 cm³/mol. The van der Waals surface area contributed by atoms with Crippen molar-refractivity contribution in [3.05, 3.63) is 47.9 Å². The molecule has 2 aromatic heterocycles. The van der Waals surface area contributed by atoms with E-state index in [0.717, 1.165) is 81.1 Å². The van der Waals surface area contributed by atoms with Gasteiger partial charge in [-0.3, -0.25) is 4.90 Å². The third kappa shape index (κ3) is 3.70. The molecule has 0 saturated carbocycles. The number of piperidine rings is 1. The van der Waals surface area contributed by atoms with Crippen LogP contribution in [0.3, 0.4) is 0 Å². The van der Waals surface area contributed by atoms with E-state index in [9.17, 15) is 0 Å². The average molecular weight is 419 g/mol. The summed E-state index contributed by atoms with van der Waals surface area (Å²) in [4.78, 5) is 14.6. The molecular weight excluding hydrogens is 388 g/mol. The van der Waals surface area contributed by atoms with Gasteiger partial charge in [0.05, 0.1) is 29.8 Å². The second-order valence-corrected chi connectivity index (χ2v) is 9.28. The Morgan fingerprint density at radius 2 is 1.71 bits per heavy atom. The number of fused-ring (bicyclic) bond motifs is 3. The Morgan fingerprint density at radius 1 is 0.968 bits per heavy atom. The van der Waals surface area contributed by atoms with Gasteiger partial charge in [-0.2, -0.15) is 5.10 Å². The average Bonchev–Trinajstić information content (AvgIpc) is 3.36. The van der Waals surface area contributed by atoms with Crippen LogP contribution in [0.4, 0.5) is 5.82 Å². The maximum Gasteiger partial charge on any atom is 0.163 e. The summed E-state index contributed by atoms with van der Waals surface area (Å²) >= 11 is 0. The molecule has 162 valence electrons. The highest BCUT2D eigenvalue weighted by Crippen LogP contribution is 2.34. The maximum absolute atomic E-state index is 6.03. The number of aromatic nitrogens is 4. The van der Waals surface area contributed by atoms with Gasteiger partial charge in [0.2, 0.25) is 0 Å². The molecule has 0 radical (unpaired) electrons. The Balaban J connectivity index is 1.22. The van der Waals surface area contributed by atoms with Crippen LogP contribution < -0.4 is 4.90 Å². The lowest BCUT2D eigenvalue weighted by molar-refractivity contribution is 0.0303. The molecule has 0 spiro atoms. The summed E-state index contributed by atoms with van der Waals surface area (Å²) in [5, 5.41) is 5.90. The van der Waals surface area contributed by atoms with Crippen LogP contribution in [0, 0.1) is 6.92 Å². The van der Waals surface area contributed by atoms with Crippen LogP contribution in [0.2, 0.25) is 0 Å². The number of likely N-dealkylation sites (tertiary alicyclic amines) is 1. The van der Waals surface area contributed by atoms with E-state index in [2.05, 4.69) is 44.8 Å². The van der Waals surface area contributed by atoms with Gasteiger partial charge in [0.1, 0.15) is 11.6 Å². The van der Waals surface area contributed by atoms with Crippen molar-refractivity contribution in [1.82, 2.24) is 24.6 Å². The molecule has 2 bridgehead atoms. The van der Waals surface area contributed by atoms with Gasteiger partial charge in [0, 0.05) is 32.7 Å². The molecule has 0 aliphatic carbocycles. The molecule has 31 heavy (non-hydrogen) atoms. The standard InChI is InChI=1S/C24H30N6O/c1-17-26-23(29-15-20-7-8-21(16-29)31-20)22-13-25-30(24(22)27-17)19-9-11-28(12-10-19)14-18-5-3-2-4-6-18/h2-6,13,19-21H,7-12,14-16H2,1H3. The molecule has 3 aromatic rings. The fourth-order valence-corrected chi connectivity index (χ4v) is 5.48. The Hall–Kier alpha value is -2.51. The lowest BCUT2D eigenvalue weighted by atomic mass is 10.0. The fraction of sp³-hybridized carbons (Fsp3) is 0.542. The van der Waals surface area contributed by atoms with Crippen LogP contribution in [0.15, 0.2) is 36.5 Å². The Kier molecular flexibility index (Phi) is 4.88. The molecule has 5 heterocycles. The first-order valence-corrected chi connectivity index (χ1v) is 11.6. The lowest BCUT2D eigenvalue weighted by Gasteiger charge is -2.33.